The van der Waals surface area contributed by atoms with E-state index in [1.54, 1.807) is 0 Å². The summed E-state index contributed by atoms with van der Waals surface area (Å²) in [5, 5.41) is 3.70. The second kappa shape index (κ2) is 8.73. The van der Waals surface area contributed by atoms with E-state index in [2.05, 4.69) is 57.3 Å². The molecule has 0 aliphatic carbocycles. The van der Waals surface area contributed by atoms with Crippen LogP contribution in [0.1, 0.15) is 44.4 Å². The first-order chi connectivity index (χ1) is 11.1. The number of nitrogens with one attached hydrogen (secondary N) is 1. The largest absolute Gasteiger partial charge is 0.489 e. The van der Waals surface area contributed by atoms with E-state index in [0.29, 0.717) is 12.0 Å². The van der Waals surface area contributed by atoms with Gasteiger partial charge in [-0.05, 0) is 49.4 Å². The first kappa shape index (κ1) is 17.6. The molecule has 2 atom stereocenters. The molecule has 0 amide bonds. The Morgan fingerprint density at radius 3 is 2.22 bits per heavy atom. The normalized spacial score (nSPS) is 13.8. The molecular weight excluding hydrogens is 282 g/mol. The highest BCUT2D eigenvalue weighted by Crippen LogP contribution is 2.24. The topological polar surface area (TPSA) is 21.3 Å². The van der Waals surface area contributed by atoms with Crippen LogP contribution in [0.4, 0.5) is 0 Å². The molecule has 2 rings (SSSR count). The highest BCUT2D eigenvalue weighted by atomic mass is 16.5. The molecule has 0 aliphatic rings. The van der Waals surface area contributed by atoms with Crippen LogP contribution in [-0.4, -0.2) is 12.6 Å². The predicted octanol–water partition coefficient (Wildman–Crippen LogP) is 5.14. The zero-order chi connectivity index (χ0) is 16.7. The standard InChI is InChI=1S/C21H29NO/c1-16(2)14-21(20-13-9-8-10-17(20)3)22-15-18(4)23-19-11-6-5-7-12-19/h5-13,16,18,21-22H,14-15H2,1-4H3. The van der Waals surface area contributed by atoms with Crippen molar-refractivity contribution in [3.63, 3.8) is 0 Å². The minimum Gasteiger partial charge on any atom is -0.489 e. The summed E-state index contributed by atoms with van der Waals surface area (Å²) in [5.74, 6) is 1.58. The number of ether oxygens (including phenoxy) is 1. The molecule has 0 aromatic heterocycles. The van der Waals surface area contributed by atoms with E-state index in [1.807, 2.05) is 30.3 Å². The fraction of sp³-hybridized carbons (Fsp3) is 0.429. The summed E-state index contributed by atoms with van der Waals surface area (Å²) in [7, 11) is 0. The van der Waals surface area contributed by atoms with Gasteiger partial charge < -0.3 is 10.1 Å². The van der Waals surface area contributed by atoms with E-state index < -0.39 is 0 Å². The van der Waals surface area contributed by atoms with Gasteiger partial charge in [0.25, 0.3) is 0 Å². The molecule has 0 heterocycles. The van der Waals surface area contributed by atoms with E-state index in [-0.39, 0.29) is 6.10 Å². The molecule has 2 unspecified atom stereocenters. The minimum absolute atomic E-state index is 0.135. The first-order valence-electron chi connectivity index (χ1n) is 8.57. The van der Waals surface area contributed by atoms with Crippen LogP contribution in [0.3, 0.4) is 0 Å². The summed E-state index contributed by atoms with van der Waals surface area (Å²) >= 11 is 0. The van der Waals surface area contributed by atoms with E-state index in [1.165, 1.54) is 11.1 Å². The van der Waals surface area contributed by atoms with Gasteiger partial charge in [0.2, 0.25) is 0 Å². The van der Waals surface area contributed by atoms with Gasteiger partial charge >= 0.3 is 0 Å². The number of hydrogen-bond acceptors (Lipinski definition) is 2. The highest BCUT2D eigenvalue weighted by Gasteiger charge is 2.16. The Morgan fingerprint density at radius 1 is 0.913 bits per heavy atom. The molecule has 0 aliphatic heterocycles. The molecule has 0 saturated carbocycles. The summed E-state index contributed by atoms with van der Waals surface area (Å²) in [6.45, 7) is 9.69. The quantitative estimate of drug-likeness (QED) is 0.729. The summed E-state index contributed by atoms with van der Waals surface area (Å²) in [6.07, 6.45) is 1.26. The zero-order valence-electron chi connectivity index (χ0n) is 14.8. The Labute approximate surface area is 140 Å². The molecular formula is C21H29NO. The van der Waals surface area contributed by atoms with Crippen LogP contribution in [0.25, 0.3) is 0 Å². The lowest BCUT2D eigenvalue weighted by Crippen LogP contribution is -2.33. The van der Waals surface area contributed by atoms with Gasteiger partial charge in [0.1, 0.15) is 11.9 Å². The lowest BCUT2D eigenvalue weighted by atomic mass is 9.94. The number of benzene rings is 2. The second-order valence-corrected chi connectivity index (χ2v) is 6.69. The maximum atomic E-state index is 5.97. The van der Waals surface area contributed by atoms with Crippen LogP contribution in [0.2, 0.25) is 0 Å². The lowest BCUT2D eigenvalue weighted by molar-refractivity contribution is 0.208. The Bertz CT molecular complexity index is 579. The van der Waals surface area contributed by atoms with Gasteiger partial charge in [0.15, 0.2) is 0 Å². The molecule has 0 fully saturated rings. The maximum Gasteiger partial charge on any atom is 0.119 e. The van der Waals surface area contributed by atoms with E-state index in [4.69, 9.17) is 4.74 Å². The van der Waals surface area contributed by atoms with Gasteiger partial charge in [-0.2, -0.15) is 0 Å². The van der Waals surface area contributed by atoms with Gasteiger partial charge in [-0.3, -0.25) is 0 Å². The Balaban J connectivity index is 1.97. The molecule has 2 nitrogen and oxygen atoms in total. The van der Waals surface area contributed by atoms with Crippen molar-refractivity contribution in [1.29, 1.82) is 0 Å². The fourth-order valence-corrected chi connectivity index (χ4v) is 2.85. The van der Waals surface area contributed by atoms with Gasteiger partial charge in [-0.15, -0.1) is 0 Å². The molecule has 0 radical (unpaired) electrons. The van der Waals surface area contributed by atoms with E-state index in [9.17, 15) is 0 Å². The number of aryl methyl sites for hydroxylation is 1. The van der Waals surface area contributed by atoms with Crippen LogP contribution in [0, 0.1) is 12.8 Å². The highest BCUT2D eigenvalue weighted by molar-refractivity contribution is 5.28. The number of hydrogen-bond donors (Lipinski definition) is 1. The molecule has 0 bridgehead atoms. The van der Waals surface area contributed by atoms with Crippen LogP contribution in [0.15, 0.2) is 54.6 Å². The monoisotopic (exact) mass is 311 g/mol. The molecule has 2 heteroatoms. The SMILES string of the molecule is Cc1ccccc1C(CC(C)C)NCC(C)Oc1ccccc1. The molecule has 0 saturated heterocycles. The molecule has 2 aromatic carbocycles. The molecule has 23 heavy (non-hydrogen) atoms. The zero-order valence-corrected chi connectivity index (χ0v) is 14.8. The molecule has 124 valence electrons. The Hall–Kier alpha value is -1.80. The average Bonchev–Trinajstić information content (AvgIpc) is 2.53. The third kappa shape index (κ3) is 5.72. The minimum atomic E-state index is 0.135. The number of rotatable bonds is 8. The van der Waals surface area contributed by atoms with Crippen molar-refractivity contribution < 1.29 is 4.74 Å². The Kier molecular flexibility index (Phi) is 6.66. The Morgan fingerprint density at radius 2 is 1.57 bits per heavy atom. The maximum absolute atomic E-state index is 5.97. The van der Waals surface area contributed by atoms with E-state index in [0.717, 1.165) is 18.7 Å². The third-order valence-electron chi connectivity index (χ3n) is 4.00. The third-order valence-corrected chi connectivity index (χ3v) is 4.00. The summed E-state index contributed by atoms with van der Waals surface area (Å²) in [5.41, 5.74) is 2.75. The van der Waals surface area contributed by atoms with Crippen LogP contribution >= 0.6 is 0 Å². The number of para-hydroxylation sites is 1. The fourth-order valence-electron chi connectivity index (χ4n) is 2.85. The van der Waals surface area contributed by atoms with Crippen molar-refractivity contribution in [1.82, 2.24) is 5.32 Å². The molecule has 2 aromatic rings. The van der Waals surface area contributed by atoms with Crippen molar-refractivity contribution in [3.8, 4) is 5.75 Å². The van der Waals surface area contributed by atoms with Crippen molar-refractivity contribution in [2.24, 2.45) is 5.92 Å². The van der Waals surface area contributed by atoms with E-state index >= 15 is 0 Å². The van der Waals surface area contributed by atoms with Crippen LogP contribution in [-0.2, 0) is 0 Å². The summed E-state index contributed by atoms with van der Waals surface area (Å²) < 4.78 is 5.97. The van der Waals surface area contributed by atoms with Gasteiger partial charge in [-0.25, -0.2) is 0 Å². The molecule has 1 N–H and O–H groups in total. The smallest absolute Gasteiger partial charge is 0.119 e. The van der Waals surface area contributed by atoms with Gasteiger partial charge in [-0.1, -0.05) is 56.3 Å². The summed E-state index contributed by atoms with van der Waals surface area (Å²) in [4.78, 5) is 0. The van der Waals surface area contributed by atoms with Gasteiger partial charge in [0, 0.05) is 12.6 Å². The summed E-state index contributed by atoms with van der Waals surface area (Å²) in [6, 6.07) is 19.0. The first-order valence-corrected chi connectivity index (χ1v) is 8.57. The predicted molar refractivity (Wildman–Crippen MR) is 97.9 cm³/mol. The van der Waals surface area contributed by atoms with Crippen molar-refractivity contribution in [3.05, 3.63) is 65.7 Å². The van der Waals surface area contributed by atoms with Crippen LogP contribution < -0.4 is 10.1 Å². The lowest BCUT2D eigenvalue weighted by Gasteiger charge is -2.25. The van der Waals surface area contributed by atoms with Crippen molar-refractivity contribution in [2.75, 3.05) is 6.54 Å². The second-order valence-electron chi connectivity index (χ2n) is 6.69. The molecule has 0 spiro atoms. The van der Waals surface area contributed by atoms with Crippen molar-refractivity contribution >= 4 is 0 Å². The van der Waals surface area contributed by atoms with Crippen molar-refractivity contribution in [2.45, 2.75) is 46.3 Å². The van der Waals surface area contributed by atoms with Crippen LogP contribution in [0.5, 0.6) is 5.75 Å². The van der Waals surface area contributed by atoms with Gasteiger partial charge in [0.05, 0.1) is 0 Å². The average molecular weight is 311 g/mol.